The number of anilines is 1. The highest BCUT2D eigenvalue weighted by molar-refractivity contribution is 5.88. The molecule has 7 heteroatoms. The van der Waals surface area contributed by atoms with Crippen LogP contribution >= 0.6 is 0 Å². The monoisotopic (exact) mass is 604 g/mol. The number of esters is 1. The Bertz CT molecular complexity index is 1400. The molecular formula is C37H49FN2O4. The van der Waals surface area contributed by atoms with Gasteiger partial charge in [-0.2, -0.15) is 0 Å². The summed E-state index contributed by atoms with van der Waals surface area (Å²) in [5.41, 5.74) is 5.84. The minimum absolute atomic E-state index is 0.241. The molecule has 2 aromatic carbocycles. The van der Waals surface area contributed by atoms with Crippen molar-refractivity contribution >= 4 is 11.7 Å². The van der Waals surface area contributed by atoms with E-state index < -0.39 is 17.7 Å². The molecule has 3 aromatic rings. The van der Waals surface area contributed by atoms with Crippen LogP contribution in [0.2, 0.25) is 0 Å². The van der Waals surface area contributed by atoms with Gasteiger partial charge in [0.15, 0.2) is 6.10 Å². The molecule has 4 rings (SSSR count). The first-order chi connectivity index (χ1) is 20.7. The van der Waals surface area contributed by atoms with Gasteiger partial charge in [0.05, 0.1) is 24.0 Å². The van der Waals surface area contributed by atoms with E-state index in [0.29, 0.717) is 24.9 Å². The third-order valence-corrected chi connectivity index (χ3v) is 7.78. The predicted molar refractivity (Wildman–Crippen MR) is 175 cm³/mol. The molecule has 3 atom stereocenters. The molecule has 0 bridgehead atoms. The molecule has 2 unspecified atom stereocenters. The van der Waals surface area contributed by atoms with Gasteiger partial charge in [-0.3, -0.25) is 4.98 Å². The van der Waals surface area contributed by atoms with Crippen molar-refractivity contribution in [1.82, 2.24) is 4.98 Å². The fourth-order valence-corrected chi connectivity index (χ4v) is 6.21. The Morgan fingerprint density at radius 2 is 1.59 bits per heavy atom. The Morgan fingerprint density at radius 1 is 0.977 bits per heavy atom. The smallest absolute Gasteiger partial charge is 0.340 e. The number of aryl methyl sites for hydroxylation is 2. The van der Waals surface area contributed by atoms with E-state index in [4.69, 9.17) is 19.2 Å². The van der Waals surface area contributed by atoms with E-state index in [0.717, 1.165) is 64.6 Å². The normalized spacial score (nSPS) is 17.9. The molecule has 0 amide bonds. The number of piperidine rings is 1. The summed E-state index contributed by atoms with van der Waals surface area (Å²) in [7, 11) is 0. The Balaban J connectivity index is 1.77. The third kappa shape index (κ3) is 8.59. The summed E-state index contributed by atoms with van der Waals surface area (Å²) < 4.78 is 31.6. The van der Waals surface area contributed by atoms with Crippen molar-refractivity contribution in [3.05, 3.63) is 76.9 Å². The maximum Gasteiger partial charge on any atom is 0.340 e. The highest BCUT2D eigenvalue weighted by Gasteiger charge is 2.37. The molecule has 0 N–H and O–H groups in total. The number of rotatable bonds is 10. The number of aromatic nitrogens is 1. The molecule has 0 saturated carbocycles. The van der Waals surface area contributed by atoms with Gasteiger partial charge in [0.25, 0.3) is 0 Å². The molecule has 0 radical (unpaired) electrons. The summed E-state index contributed by atoms with van der Waals surface area (Å²) in [5, 5.41) is 0. The average molecular weight is 605 g/mol. The van der Waals surface area contributed by atoms with Gasteiger partial charge in [0.2, 0.25) is 0 Å². The van der Waals surface area contributed by atoms with Gasteiger partial charge >= 0.3 is 5.97 Å². The average Bonchev–Trinajstić information content (AvgIpc) is 2.92. The van der Waals surface area contributed by atoms with Crippen LogP contribution in [0.3, 0.4) is 0 Å². The molecule has 6 nitrogen and oxygen atoms in total. The quantitative estimate of drug-likeness (QED) is 0.217. The number of pyridine rings is 1. The van der Waals surface area contributed by atoms with Gasteiger partial charge in [-0.15, -0.1) is 0 Å². The van der Waals surface area contributed by atoms with Crippen LogP contribution in [0.5, 0.6) is 5.75 Å². The summed E-state index contributed by atoms with van der Waals surface area (Å²) in [5.74, 6) is 1.10. The molecule has 1 saturated heterocycles. The first-order valence-electron chi connectivity index (χ1n) is 15.8. The molecule has 1 aliphatic rings. The zero-order valence-corrected chi connectivity index (χ0v) is 27.9. The number of hydrogen-bond acceptors (Lipinski definition) is 6. The lowest BCUT2D eigenvalue weighted by Crippen LogP contribution is -2.41. The highest BCUT2D eigenvalue weighted by atomic mass is 19.1. The Labute approximate surface area is 262 Å². The minimum atomic E-state index is -0.930. The van der Waals surface area contributed by atoms with Gasteiger partial charge in [-0.1, -0.05) is 38.1 Å². The summed E-state index contributed by atoms with van der Waals surface area (Å²) in [6.07, 6.45) is 0.635. The van der Waals surface area contributed by atoms with Crippen LogP contribution in [0.1, 0.15) is 83.5 Å². The number of nitrogens with zero attached hydrogens (tertiary/aromatic N) is 2. The fraction of sp³-hybridized carbons (Fsp3) is 0.514. The highest BCUT2D eigenvalue weighted by Crippen LogP contribution is 2.44. The third-order valence-electron chi connectivity index (χ3n) is 7.78. The fourth-order valence-electron chi connectivity index (χ4n) is 6.21. The van der Waals surface area contributed by atoms with Crippen LogP contribution in [-0.4, -0.2) is 42.4 Å². The largest absolute Gasteiger partial charge is 0.493 e. The molecule has 2 heterocycles. The summed E-state index contributed by atoms with van der Waals surface area (Å²) in [6.45, 7) is 20.4. The summed E-state index contributed by atoms with van der Waals surface area (Å²) >= 11 is 0. The van der Waals surface area contributed by atoms with Gasteiger partial charge in [0.1, 0.15) is 11.6 Å². The van der Waals surface area contributed by atoms with Gasteiger partial charge < -0.3 is 19.1 Å². The zero-order chi connectivity index (χ0) is 32.2. The van der Waals surface area contributed by atoms with E-state index in [-0.39, 0.29) is 11.9 Å². The summed E-state index contributed by atoms with van der Waals surface area (Å²) in [6, 6.07) is 14.6. The Morgan fingerprint density at radius 3 is 2.16 bits per heavy atom. The molecule has 238 valence electrons. The van der Waals surface area contributed by atoms with E-state index in [9.17, 15) is 9.18 Å². The number of hydrogen-bond donors (Lipinski definition) is 0. The number of ether oxygens (including phenoxy) is 3. The molecule has 1 fully saturated rings. The van der Waals surface area contributed by atoms with Crippen molar-refractivity contribution in [2.75, 3.05) is 24.6 Å². The van der Waals surface area contributed by atoms with Gasteiger partial charge in [-0.25, -0.2) is 9.18 Å². The first kappa shape index (κ1) is 33.4. The van der Waals surface area contributed by atoms with Crippen LogP contribution < -0.4 is 9.64 Å². The standard InChI is InChI=1S/C37H49FN2O4/c1-23(2)43-36(41)35(44-37(7,8)9)33-27(6)39-26(5)32(34(33)40-21-24(3)20-25(4)22-40)29-12-16-31(17-13-29)42-19-18-28-10-14-30(38)15-11-28/h10-17,23-25,35H,18-22H2,1-9H3/t24?,25?,35-/m0/s1. The maximum atomic E-state index is 13.7. The molecule has 44 heavy (non-hydrogen) atoms. The molecular weight excluding hydrogens is 555 g/mol. The maximum absolute atomic E-state index is 13.7. The van der Waals surface area contributed by atoms with E-state index >= 15 is 0 Å². The second kappa shape index (κ2) is 14.1. The Hall–Kier alpha value is -3.45. The van der Waals surface area contributed by atoms with Crippen LogP contribution in [0.15, 0.2) is 48.5 Å². The number of benzene rings is 2. The van der Waals surface area contributed by atoms with E-state index in [1.54, 1.807) is 12.1 Å². The van der Waals surface area contributed by atoms with Crippen LogP contribution in [0.25, 0.3) is 11.1 Å². The summed E-state index contributed by atoms with van der Waals surface area (Å²) in [4.78, 5) is 21.1. The van der Waals surface area contributed by atoms with Crippen molar-refractivity contribution < 1.29 is 23.4 Å². The van der Waals surface area contributed by atoms with Crippen LogP contribution in [0, 0.1) is 31.5 Å². The van der Waals surface area contributed by atoms with E-state index in [1.807, 2.05) is 60.6 Å². The second-order valence-electron chi connectivity index (χ2n) is 13.6. The van der Waals surface area contributed by atoms with E-state index in [2.05, 4.69) is 30.9 Å². The zero-order valence-electron chi connectivity index (χ0n) is 27.9. The molecule has 1 aromatic heterocycles. The van der Waals surface area contributed by atoms with E-state index in [1.165, 1.54) is 12.1 Å². The topological polar surface area (TPSA) is 60.9 Å². The molecule has 0 spiro atoms. The Kier molecular flexibility index (Phi) is 10.7. The van der Waals surface area contributed by atoms with Gasteiger partial charge in [-0.05, 0) is 102 Å². The van der Waals surface area contributed by atoms with Crippen LogP contribution in [-0.2, 0) is 20.7 Å². The SMILES string of the molecule is Cc1nc(C)c([C@H](OC(C)(C)C)C(=O)OC(C)C)c(N2CC(C)CC(C)C2)c1-c1ccc(OCCc2ccc(F)cc2)cc1. The number of halogens is 1. The van der Waals surface area contributed by atoms with Crippen molar-refractivity contribution in [1.29, 1.82) is 0 Å². The minimum Gasteiger partial charge on any atom is -0.493 e. The lowest BCUT2D eigenvalue weighted by molar-refractivity contribution is -0.171. The first-order valence-corrected chi connectivity index (χ1v) is 15.8. The predicted octanol–water partition coefficient (Wildman–Crippen LogP) is 8.42. The molecule has 0 aliphatic carbocycles. The van der Waals surface area contributed by atoms with Gasteiger partial charge in [0, 0.05) is 42.0 Å². The van der Waals surface area contributed by atoms with Crippen LogP contribution in [0.4, 0.5) is 10.1 Å². The molecule has 1 aliphatic heterocycles. The van der Waals surface area contributed by atoms with Crippen molar-refractivity contribution in [3.63, 3.8) is 0 Å². The second-order valence-corrected chi connectivity index (χ2v) is 13.6. The van der Waals surface area contributed by atoms with Crippen molar-refractivity contribution in [3.8, 4) is 16.9 Å². The number of carbonyl (C=O) groups is 1. The lowest BCUT2D eigenvalue weighted by Gasteiger charge is -2.40. The van der Waals surface area contributed by atoms with Crippen molar-refractivity contribution in [2.24, 2.45) is 11.8 Å². The number of carbonyl (C=O) groups excluding carboxylic acids is 1. The lowest BCUT2D eigenvalue weighted by atomic mass is 9.88. The van der Waals surface area contributed by atoms with Crippen molar-refractivity contribution in [2.45, 2.75) is 93.0 Å².